The molecule has 23 heteroatoms. The van der Waals surface area contributed by atoms with Crippen LogP contribution in [-0.2, 0) is 46.3 Å². The first-order valence-corrected chi connectivity index (χ1v) is 16.6. The summed E-state index contributed by atoms with van der Waals surface area (Å²) < 4.78 is 109. The Bertz CT molecular complexity index is 1670. The van der Waals surface area contributed by atoms with Crippen molar-refractivity contribution in [2.24, 2.45) is 5.73 Å². The number of aryl methyl sites for hydroxylation is 1. The van der Waals surface area contributed by atoms with Crippen LogP contribution >= 0.6 is 0 Å². The number of aliphatic carboxylic acids is 3. The predicted molar refractivity (Wildman–Crippen MR) is 177 cm³/mol. The molecule has 2 aromatic rings. The molecule has 1 unspecified atom stereocenters. The Labute approximate surface area is 318 Å². The van der Waals surface area contributed by atoms with Gasteiger partial charge in [-0.3, -0.25) is 19.7 Å². The van der Waals surface area contributed by atoms with Crippen LogP contribution in [-0.4, -0.2) is 112 Å². The molecule has 0 aliphatic carbocycles. The summed E-state index contributed by atoms with van der Waals surface area (Å²) in [6.45, 7) is 3.25. The van der Waals surface area contributed by atoms with E-state index < -0.39 is 95.7 Å². The van der Waals surface area contributed by atoms with Gasteiger partial charge in [-0.05, 0) is 50.3 Å². The summed E-state index contributed by atoms with van der Waals surface area (Å²) in [6.07, 6.45) is -9.89. The van der Waals surface area contributed by atoms with E-state index in [0.29, 0.717) is 25.0 Å². The first-order chi connectivity index (χ1) is 26.3. The number of hydrogen-bond acceptors (Lipinski definition) is 9. The van der Waals surface area contributed by atoms with Crippen LogP contribution in [0.25, 0.3) is 0 Å². The molecule has 0 spiro atoms. The number of nitrogens with one attached hydrogen (secondary N) is 2. The smallest absolute Gasteiger partial charge is 0.480 e. The van der Waals surface area contributed by atoms with E-state index in [-0.39, 0.29) is 38.0 Å². The van der Waals surface area contributed by atoms with Crippen LogP contribution < -0.4 is 16.4 Å². The number of halogens is 9. The van der Waals surface area contributed by atoms with Crippen LogP contribution in [0.2, 0.25) is 0 Å². The van der Waals surface area contributed by atoms with Crippen molar-refractivity contribution in [2.75, 3.05) is 13.2 Å². The predicted octanol–water partition coefficient (Wildman–Crippen LogP) is 3.34. The highest BCUT2D eigenvalue weighted by Crippen LogP contribution is 2.21. The van der Waals surface area contributed by atoms with Gasteiger partial charge in [0.15, 0.2) is 11.6 Å². The second-order valence-corrected chi connectivity index (χ2v) is 12.2. The molecular weight excluding hydrogens is 795 g/mol. The van der Waals surface area contributed by atoms with Crippen molar-refractivity contribution < 1.29 is 88.3 Å². The molecule has 0 aromatic heterocycles. The van der Waals surface area contributed by atoms with Crippen molar-refractivity contribution in [3.8, 4) is 0 Å². The fourth-order valence-electron chi connectivity index (χ4n) is 5.11. The summed E-state index contributed by atoms with van der Waals surface area (Å²) in [5, 5.41) is 29.7. The standard InChI is InChI=1S/C30H37F3N4O6.2C2HF3O2/c1-3-43-30(42)25(10-9-18-7-5-4-6-8-18)35-17(2)28(39)37-16-21(14-26(37)29(40)41)36-27(38)13-20(34)11-19-12-23(32)24(33)15-22(19)31;2*3-2(4,5)1(6)7/h4-8,12,15,17,20-21,25-26,35H,3,9-11,13-14,16,34H2,1-2H3,(H,36,38)(H,40,41);2*(H,6,7)/t17-,20+,21-,25?,26-;;/m0../s1. The number of carboxylic acid groups (broad SMARTS) is 3. The van der Waals surface area contributed by atoms with Crippen LogP contribution in [0, 0.1) is 17.5 Å². The largest absolute Gasteiger partial charge is 0.490 e. The van der Waals surface area contributed by atoms with Crippen molar-refractivity contribution in [1.82, 2.24) is 15.5 Å². The Hall–Kier alpha value is -5.45. The minimum absolute atomic E-state index is 0.0676. The molecule has 0 saturated carbocycles. The quantitative estimate of drug-likeness (QED) is 0.0916. The summed E-state index contributed by atoms with van der Waals surface area (Å²) in [5.41, 5.74) is 6.74. The van der Waals surface area contributed by atoms with E-state index in [1.165, 1.54) is 6.92 Å². The zero-order valence-corrected chi connectivity index (χ0v) is 30.0. The van der Waals surface area contributed by atoms with Crippen LogP contribution in [0.4, 0.5) is 39.5 Å². The van der Waals surface area contributed by atoms with Gasteiger partial charge in [-0.25, -0.2) is 27.6 Å². The average Bonchev–Trinajstić information content (AvgIpc) is 3.52. The highest BCUT2D eigenvalue weighted by molar-refractivity contribution is 5.88. The van der Waals surface area contributed by atoms with Gasteiger partial charge >= 0.3 is 36.2 Å². The lowest BCUT2D eigenvalue weighted by Crippen LogP contribution is -2.53. The SMILES string of the molecule is CCOC(=O)C(CCc1ccccc1)N[C@@H](C)C(=O)N1C[C@@H](NC(=O)C[C@H](N)Cc2cc(F)c(F)cc2F)C[C@H]1C(=O)O.O=C(O)C(F)(F)F.O=C(O)C(F)(F)F. The average molecular weight is 835 g/mol. The molecule has 1 heterocycles. The summed E-state index contributed by atoms with van der Waals surface area (Å²) in [5.74, 6) is -12.0. The van der Waals surface area contributed by atoms with E-state index >= 15 is 0 Å². The Morgan fingerprint density at radius 1 is 0.895 bits per heavy atom. The maximum absolute atomic E-state index is 14.0. The number of carboxylic acids is 3. The normalized spacial score (nSPS) is 16.7. The van der Waals surface area contributed by atoms with Gasteiger partial charge in [0.05, 0.1) is 12.6 Å². The van der Waals surface area contributed by atoms with Crippen molar-refractivity contribution in [3.63, 3.8) is 0 Å². The molecule has 2 amide bonds. The van der Waals surface area contributed by atoms with Gasteiger partial charge in [0.2, 0.25) is 11.8 Å². The molecule has 5 atom stereocenters. The lowest BCUT2D eigenvalue weighted by molar-refractivity contribution is -0.193. The first-order valence-electron chi connectivity index (χ1n) is 16.6. The van der Waals surface area contributed by atoms with Gasteiger partial charge < -0.3 is 36.0 Å². The Kier molecular flexibility index (Phi) is 19.4. The molecule has 57 heavy (non-hydrogen) atoms. The molecule has 2 aromatic carbocycles. The maximum Gasteiger partial charge on any atom is 0.490 e. The molecule has 0 radical (unpaired) electrons. The number of benzene rings is 2. The molecule has 318 valence electrons. The highest BCUT2D eigenvalue weighted by Gasteiger charge is 2.42. The molecular formula is C34H39F9N4O10. The van der Waals surface area contributed by atoms with E-state index in [9.17, 15) is 63.8 Å². The van der Waals surface area contributed by atoms with E-state index in [0.717, 1.165) is 10.5 Å². The lowest BCUT2D eigenvalue weighted by atomic mass is 10.0. The fourth-order valence-corrected chi connectivity index (χ4v) is 5.11. The third-order valence-electron chi connectivity index (χ3n) is 7.70. The van der Waals surface area contributed by atoms with Crippen molar-refractivity contribution in [1.29, 1.82) is 0 Å². The third kappa shape index (κ3) is 17.5. The van der Waals surface area contributed by atoms with Gasteiger partial charge in [0.1, 0.15) is 17.9 Å². The number of amides is 2. The number of rotatable bonds is 14. The molecule has 1 fully saturated rings. The van der Waals surface area contributed by atoms with Gasteiger partial charge in [-0.2, -0.15) is 26.3 Å². The molecule has 1 saturated heterocycles. The number of likely N-dealkylation sites (tertiary alicyclic amines) is 1. The fraction of sp³-hybridized carbons (Fsp3) is 0.471. The number of hydrogen-bond donors (Lipinski definition) is 6. The molecule has 3 rings (SSSR count). The summed E-state index contributed by atoms with van der Waals surface area (Å²) in [6, 6.07) is 5.92. The Morgan fingerprint density at radius 2 is 1.42 bits per heavy atom. The van der Waals surface area contributed by atoms with Crippen LogP contribution in [0.15, 0.2) is 42.5 Å². The van der Waals surface area contributed by atoms with Crippen LogP contribution in [0.5, 0.6) is 0 Å². The van der Waals surface area contributed by atoms with Crippen molar-refractivity contribution >= 4 is 35.7 Å². The zero-order chi connectivity index (χ0) is 43.8. The number of carbonyl (C=O) groups excluding carboxylic acids is 3. The molecule has 0 bridgehead atoms. The molecule has 1 aliphatic heterocycles. The Balaban J connectivity index is 0.000000984. The van der Waals surface area contributed by atoms with Gasteiger partial charge in [-0.1, -0.05) is 30.3 Å². The summed E-state index contributed by atoms with van der Waals surface area (Å²) in [7, 11) is 0. The van der Waals surface area contributed by atoms with Gasteiger partial charge in [0, 0.05) is 37.5 Å². The monoisotopic (exact) mass is 834 g/mol. The minimum atomic E-state index is -5.08. The van der Waals surface area contributed by atoms with Crippen molar-refractivity contribution in [3.05, 3.63) is 71.0 Å². The van der Waals surface area contributed by atoms with Crippen molar-refractivity contribution in [2.45, 2.75) is 88.5 Å². The van der Waals surface area contributed by atoms with E-state index in [2.05, 4.69) is 10.6 Å². The number of alkyl halides is 6. The number of nitrogens with two attached hydrogens (primary N) is 1. The number of nitrogens with zero attached hydrogens (tertiary/aromatic N) is 1. The number of esters is 1. The Morgan fingerprint density at radius 3 is 1.91 bits per heavy atom. The summed E-state index contributed by atoms with van der Waals surface area (Å²) >= 11 is 0. The molecule has 7 N–H and O–H groups in total. The van der Waals surface area contributed by atoms with Crippen LogP contribution in [0.1, 0.15) is 44.2 Å². The highest BCUT2D eigenvalue weighted by atomic mass is 19.4. The molecule has 1 aliphatic rings. The second-order valence-electron chi connectivity index (χ2n) is 12.2. The number of carbonyl (C=O) groups is 6. The van der Waals surface area contributed by atoms with Gasteiger partial charge in [0.25, 0.3) is 0 Å². The van der Waals surface area contributed by atoms with E-state index in [4.69, 9.17) is 30.3 Å². The third-order valence-corrected chi connectivity index (χ3v) is 7.70. The second kappa shape index (κ2) is 22.3. The van der Waals surface area contributed by atoms with E-state index in [1.54, 1.807) is 6.92 Å². The summed E-state index contributed by atoms with van der Waals surface area (Å²) in [4.78, 5) is 69.6. The first kappa shape index (κ1) is 49.6. The zero-order valence-electron chi connectivity index (χ0n) is 30.0. The lowest BCUT2D eigenvalue weighted by Gasteiger charge is -2.28. The minimum Gasteiger partial charge on any atom is -0.480 e. The van der Waals surface area contributed by atoms with E-state index in [1.807, 2.05) is 30.3 Å². The maximum atomic E-state index is 14.0. The van der Waals surface area contributed by atoms with Gasteiger partial charge in [-0.15, -0.1) is 0 Å². The number of ether oxygens (including phenoxy) is 1. The topological polar surface area (TPSA) is 226 Å². The molecule has 14 nitrogen and oxygen atoms in total. The van der Waals surface area contributed by atoms with Crippen LogP contribution in [0.3, 0.4) is 0 Å².